The minimum absolute atomic E-state index is 0.0615. The number of aryl methyl sites for hydroxylation is 1. The predicted octanol–water partition coefficient (Wildman–Crippen LogP) is 2.00. The number of carbonyl (C=O) groups is 1. The van der Waals surface area contributed by atoms with Gasteiger partial charge in [0.05, 0.1) is 29.3 Å². The lowest BCUT2D eigenvalue weighted by atomic mass is 10.0. The van der Waals surface area contributed by atoms with Crippen molar-refractivity contribution in [2.24, 2.45) is 5.41 Å². The predicted molar refractivity (Wildman–Crippen MR) is 130 cm³/mol. The number of nitrogen functional groups attached to an aromatic ring is 1. The Balaban J connectivity index is 1.94. The van der Waals surface area contributed by atoms with Crippen molar-refractivity contribution in [2.45, 2.75) is 33.1 Å². The molecule has 33 heavy (non-hydrogen) atoms. The van der Waals surface area contributed by atoms with Crippen LogP contribution in [0.25, 0.3) is 0 Å². The van der Waals surface area contributed by atoms with Crippen molar-refractivity contribution >= 4 is 39.1 Å². The average Bonchev–Trinajstić information content (AvgIpc) is 3.47. The average molecular weight is 477 g/mol. The molecule has 1 aliphatic rings. The highest BCUT2D eigenvalue weighted by atomic mass is 32.2. The number of nitrogens with zero attached hydrogens (tertiary/aromatic N) is 4. The van der Waals surface area contributed by atoms with Crippen molar-refractivity contribution in [2.75, 3.05) is 53.3 Å². The van der Waals surface area contributed by atoms with Crippen molar-refractivity contribution in [1.82, 2.24) is 9.97 Å². The van der Waals surface area contributed by atoms with Crippen LogP contribution in [0.5, 0.6) is 0 Å². The van der Waals surface area contributed by atoms with Crippen molar-refractivity contribution < 1.29 is 18.3 Å². The van der Waals surface area contributed by atoms with Crippen LogP contribution >= 0.6 is 0 Å². The minimum atomic E-state index is -3.69. The third-order valence-electron chi connectivity index (χ3n) is 6.03. The second-order valence-corrected chi connectivity index (χ2v) is 11.0. The van der Waals surface area contributed by atoms with Gasteiger partial charge in [-0.05, 0) is 49.8 Å². The van der Waals surface area contributed by atoms with Gasteiger partial charge in [0.1, 0.15) is 5.82 Å². The number of nitrogens with two attached hydrogens (primary N) is 1. The number of aliphatic hydroxyl groups is 1. The minimum Gasteiger partial charge on any atom is -0.395 e. The molecule has 0 radical (unpaired) electrons. The standard InChI is InChI=1S/C22H32N6O4S/c1-15-13-19(26-21(23)24-15)25-20(30)17-6-5-16(28(4)33(31,32)12-11-29)14-18(17)27(3)10-9-22(2)7-8-22/h5-6,13-14,29H,7-12H2,1-4H3,(H3,23,24,25,26,30). The maximum atomic E-state index is 13.2. The van der Waals surface area contributed by atoms with E-state index in [9.17, 15) is 13.2 Å². The largest absolute Gasteiger partial charge is 0.395 e. The van der Waals surface area contributed by atoms with Crippen molar-refractivity contribution in [3.8, 4) is 0 Å². The Hall–Kier alpha value is -2.92. The highest BCUT2D eigenvalue weighted by molar-refractivity contribution is 7.92. The van der Waals surface area contributed by atoms with Gasteiger partial charge in [-0.3, -0.25) is 9.10 Å². The monoisotopic (exact) mass is 476 g/mol. The van der Waals surface area contributed by atoms with E-state index in [1.807, 2.05) is 11.9 Å². The molecule has 0 saturated heterocycles. The number of aliphatic hydroxyl groups excluding tert-OH is 1. The molecule has 0 aliphatic heterocycles. The summed E-state index contributed by atoms with van der Waals surface area (Å²) < 4.78 is 26.0. The highest BCUT2D eigenvalue weighted by Crippen LogP contribution is 2.48. The molecule has 0 unspecified atom stereocenters. The molecule has 1 aromatic carbocycles. The molecule has 1 saturated carbocycles. The van der Waals surface area contributed by atoms with E-state index in [4.69, 9.17) is 10.8 Å². The summed E-state index contributed by atoms with van der Waals surface area (Å²) in [5.74, 6) is -0.425. The summed E-state index contributed by atoms with van der Waals surface area (Å²) in [4.78, 5) is 23.2. The fourth-order valence-corrected chi connectivity index (χ4v) is 4.44. The van der Waals surface area contributed by atoms with Gasteiger partial charge in [0.2, 0.25) is 16.0 Å². The van der Waals surface area contributed by atoms with Gasteiger partial charge in [0.15, 0.2) is 0 Å². The maximum Gasteiger partial charge on any atom is 0.258 e. The quantitative estimate of drug-likeness (QED) is 0.473. The van der Waals surface area contributed by atoms with Gasteiger partial charge in [-0.15, -0.1) is 0 Å². The third kappa shape index (κ3) is 6.11. The first-order valence-corrected chi connectivity index (χ1v) is 12.4. The molecule has 1 amide bonds. The fraction of sp³-hybridized carbons (Fsp3) is 0.500. The Morgan fingerprint density at radius 2 is 1.94 bits per heavy atom. The summed E-state index contributed by atoms with van der Waals surface area (Å²) in [6.07, 6.45) is 3.34. The van der Waals surface area contributed by atoms with Gasteiger partial charge in [0, 0.05) is 32.4 Å². The highest BCUT2D eigenvalue weighted by Gasteiger charge is 2.37. The Bertz CT molecular complexity index is 1110. The second kappa shape index (κ2) is 9.52. The number of amides is 1. The number of hydrogen-bond acceptors (Lipinski definition) is 8. The van der Waals surface area contributed by atoms with E-state index < -0.39 is 16.6 Å². The SMILES string of the molecule is Cc1cc(NC(=O)c2ccc(N(C)S(=O)(=O)CCO)cc2N(C)CCC2(C)CC2)nc(N)n1. The molecule has 1 heterocycles. The van der Waals surface area contributed by atoms with E-state index in [2.05, 4.69) is 22.2 Å². The summed E-state index contributed by atoms with van der Waals surface area (Å²) in [6, 6.07) is 6.47. The van der Waals surface area contributed by atoms with E-state index in [0.29, 0.717) is 34.6 Å². The van der Waals surface area contributed by atoms with Crippen LogP contribution in [0.4, 0.5) is 23.1 Å². The molecule has 3 rings (SSSR count). The Labute approximate surface area is 194 Å². The first kappa shape index (κ1) is 24.7. The number of benzene rings is 1. The molecule has 4 N–H and O–H groups in total. The van der Waals surface area contributed by atoms with Crippen LogP contribution in [0.2, 0.25) is 0 Å². The van der Waals surface area contributed by atoms with E-state index >= 15 is 0 Å². The molecule has 10 nitrogen and oxygen atoms in total. The van der Waals surface area contributed by atoms with Crippen LogP contribution in [0.1, 0.15) is 42.2 Å². The molecule has 11 heteroatoms. The molecule has 1 aromatic heterocycles. The van der Waals surface area contributed by atoms with E-state index in [0.717, 1.165) is 10.7 Å². The number of aromatic nitrogens is 2. The number of nitrogens with one attached hydrogen (secondary N) is 1. The molecule has 0 bridgehead atoms. The molecule has 2 aromatic rings. The molecule has 1 fully saturated rings. The third-order valence-corrected chi connectivity index (χ3v) is 7.78. The van der Waals surface area contributed by atoms with E-state index in [1.54, 1.807) is 31.2 Å². The second-order valence-electron chi connectivity index (χ2n) is 8.90. The van der Waals surface area contributed by atoms with Gasteiger partial charge in [-0.2, -0.15) is 4.98 Å². The van der Waals surface area contributed by atoms with Crippen molar-refractivity contribution in [3.05, 3.63) is 35.5 Å². The lowest BCUT2D eigenvalue weighted by Crippen LogP contribution is -2.31. The lowest BCUT2D eigenvalue weighted by Gasteiger charge is -2.26. The molecular formula is C22H32N6O4S. The number of carbonyl (C=O) groups excluding carboxylic acids is 1. The lowest BCUT2D eigenvalue weighted by molar-refractivity contribution is 0.102. The zero-order chi connectivity index (χ0) is 24.4. The van der Waals surface area contributed by atoms with Crippen molar-refractivity contribution in [3.63, 3.8) is 0 Å². The fourth-order valence-electron chi connectivity index (χ4n) is 3.50. The number of hydrogen-bond donors (Lipinski definition) is 3. The zero-order valence-electron chi connectivity index (χ0n) is 19.5. The van der Waals surface area contributed by atoms with Crippen LogP contribution in [0, 0.1) is 12.3 Å². The molecule has 1 aliphatic carbocycles. The Morgan fingerprint density at radius 1 is 1.24 bits per heavy atom. The van der Waals surface area contributed by atoms with Gasteiger partial charge in [-0.25, -0.2) is 13.4 Å². The molecule has 0 spiro atoms. The van der Waals surface area contributed by atoms with Gasteiger partial charge in [-0.1, -0.05) is 6.92 Å². The first-order valence-electron chi connectivity index (χ1n) is 10.8. The van der Waals surface area contributed by atoms with Gasteiger partial charge >= 0.3 is 0 Å². The smallest absolute Gasteiger partial charge is 0.258 e. The van der Waals surface area contributed by atoms with E-state index in [-0.39, 0.29) is 23.4 Å². The van der Waals surface area contributed by atoms with Crippen LogP contribution in [-0.2, 0) is 10.0 Å². The summed E-state index contributed by atoms with van der Waals surface area (Å²) in [5, 5.41) is 11.9. The number of rotatable bonds is 10. The zero-order valence-corrected chi connectivity index (χ0v) is 20.3. The summed E-state index contributed by atoms with van der Waals surface area (Å²) in [7, 11) is -0.371. The first-order chi connectivity index (χ1) is 15.4. The van der Waals surface area contributed by atoms with Gasteiger partial charge in [0.25, 0.3) is 5.91 Å². The normalized spacial score (nSPS) is 14.6. The number of sulfonamides is 1. The maximum absolute atomic E-state index is 13.2. The van der Waals surface area contributed by atoms with Crippen LogP contribution < -0.4 is 20.3 Å². The van der Waals surface area contributed by atoms with Crippen LogP contribution in [-0.4, -0.2) is 62.4 Å². The Kier molecular flexibility index (Phi) is 7.13. The number of anilines is 4. The molecular weight excluding hydrogens is 444 g/mol. The summed E-state index contributed by atoms with van der Waals surface area (Å²) in [5.41, 5.74) is 8.02. The van der Waals surface area contributed by atoms with E-state index in [1.165, 1.54) is 19.9 Å². The van der Waals surface area contributed by atoms with Gasteiger partial charge < -0.3 is 21.1 Å². The Morgan fingerprint density at radius 3 is 2.55 bits per heavy atom. The summed E-state index contributed by atoms with van der Waals surface area (Å²) in [6.45, 7) is 4.23. The molecule has 0 atom stereocenters. The topological polar surface area (TPSA) is 142 Å². The van der Waals surface area contributed by atoms with Crippen molar-refractivity contribution in [1.29, 1.82) is 0 Å². The van der Waals surface area contributed by atoms with Crippen LogP contribution in [0.15, 0.2) is 24.3 Å². The summed E-state index contributed by atoms with van der Waals surface area (Å²) >= 11 is 0. The van der Waals surface area contributed by atoms with Crippen LogP contribution in [0.3, 0.4) is 0 Å². The molecule has 180 valence electrons.